The van der Waals surface area contributed by atoms with Crippen LogP contribution >= 0.6 is 11.3 Å². The van der Waals surface area contributed by atoms with Crippen LogP contribution in [0, 0.1) is 0 Å². The smallest absolute Gasteiger partial charge is 0.242 e. The maximum Gasteiger partial charge on any atom is 0.242 e. The summed E-state index contributed by atoms with van der Waals surface area (Å²) >= 11 is 1.52. The van der Waals surface area contributed by atoms with Crippen molar-refractivity contribution in [2.24, 2.45) is 0 Å². The van der Waals surface area contributed by atoms with Gasteiger partial charge in [-0.25, -0.2) is 4.98 Å². The Morgan fingerprint density at radius 3 is 2.74 bits per heavy atom. The van der Waals surface area contributed by atoms with Gasteiger partial charge in [0.15, 0.2) is 5.13 Å². The van der Waals surface area contributed by atoms with Crippen LogP contribution in [-0.2, 0) is 4.79 Å². The van der Waals surface area contributed by atoms with Crippen molar-refractivity contribution in [3.05, 3.63) is 48.4 Å². The van der Waals surface area contributed by atoms with Gasteiger partial charge in [-0.2, -0.15) is 0 Å². The van der Waals surface area contributed by atoms with E-state index < -0.39 is 0 Å². The molecule has 0 radical (unpaired) electrons. The summed E-state index contributed by atoms with van der Waals surface area (Å²) in [6.45, 7) is 2.32. The highest BCUT2D eigenvalue weighted by Gasteiger charge is 2.21. The van der Waals surface area contributed by atoms with Crippen LogP contribution in [-0.4, -0.2) is 36.4 Å². The van der Waals surface area contributed by atoms with Gasteiger partial charge in [0, 0.05) is 7.05 Å². The number of hydrogen-bond donors (Lipinski definition) is 0. The molecule has 0 unspecified atom stereocenters. The molecule has 3 rings (SSSR count). The van der Waals surface area contributed by atoms with E-state index in [4.69, 9.17) is 4.42 Å². The first-order valence-electron chi connectivity index (χ1n) is 7.42. The first-order chi connectivity index (χ1) is 11.1. The molecule has 23 heavy (non-hydrogen) atoms. The van der Waals surface area contributed by atoms with Crippen molar-refractivity contribution in [1.29, 1.82) is 0 Å². The van der Waals surface area contributed by atoms with Crippen LogP contribution in [0.1, 0.15) is 18.7 Å². The lowest BCUT2D eigenvalue weighted by Crippen LogP contribution is -2.37. The first kappa shape index (κ1) is 15.7. The second-order valence-electron chi connectivity index (χ2n) is 5.52. The Morgan fingerprint density at radius 2 is 2.04 bits per heavy atom. The molecule has 1 atom stereocenters. The maximum absolute atomic E-state index is 12.5. The van der Waals surface area contributed by atoms with Crippen LogP contribution in [0.15, 0.2) is 47.1 Å². The average Bonchev–Trinajstić information content (AvgIpc) is 3.22. The summed E-state index contributed by atoms with van der Waals surface area (Å²) in [5, 5.41) is 0.718. The van der Waals surface area contributed by atoms with E-state index >= 15 is 0 Å². The lowest BCUT2D eigenvalue weighted by Gasteiger charge is -2.24. The second kappa shape index (κ2) is 6.52. The molecule has 0 saturated carbocycles. The fourth-order valence-electron chi connectivity index (χ4n) is 2.31. The van der Waals surface area contributed by atoms with Crippen LogP contribution in [0.3, 0.4) is 0 Å². The second-order valence-corrected chi connectivity index (χ2v) is 6.53. The molecule has 0 N–H and O–H groups in total. The summed E-state index contributed by atoms with van der Waals surface area (Å²) in [6, 6.07) is 11.7. The monoisotopic (exact) mass is 329 g/mol. The van der Waals surface area contributed by atoms with Crippen molar-refractivity contribution in [2.45, 2.75) is 13.0 Å². The van der Waals surface area contributed by atoms with Crippen molar-refractivity contribution < 1.29 is 9.21 Å². The zero-order valence-corrected chi connectivity index (χ0v) is 14.2. The standard InChI is InChI=1S/C17H19N3O2S/c1-12(14-8-6-10-22-14)19(2)11-16(21)20(3)17-18-13-7-4-5-9-15(13)23-17/h4-10,12H,11H2,1-3H3/t12-/m0/s1. The Kier molecular flexibility index (Phi) is 4.45. The number of nitrogens with zero attached hydrogens (tertiary/aromatic N) is 3. The van der Waals surface area contributed by atoms with E-state index in [0.29, 0.717) is 6.54 Å². The number of benzene rings is 1. The van der Waals surface area contributed by atoms with Gasteiger partial charge >= 0.3 is 0 Å². The average molecular weight is 329 g/mol. The largest absolute Gasteiger partial charge is 0.468 e. The van der Waals surface area contributed by atoms with Gasteiger partial charge in [0.05, 0.1) is 29.1 Å². The summed E-state index contributed by atoms with van der Waals surface area (Å²) < 4.78 is 6.49. The molecular weight excluding hydrogens is 310 g/mol. The van der Waals surface area contributed by atoms with E-state index in [2.05, 4.69) is 4.98 Å². The molecule has 1 aromatic carbocycles. The Bertz CT molecular complexity index is 764. The molecular formula is C17H19N3O2S. The van der Waals surface area contributed by atoms with Gasteiger partial charge in [-0.05, 0) is 38.2 Å². The number of furan rings is 1. The normalized spacial score (nSPS) is 12.7. The van der Waals surface area contributed by atoms with Gasteiger partial charge in [0.2, 0.25) is 5.91 Å². The van der Waals surface area contributed by atoms with E-state index in [1.54, 1.807) is 18.2 Å². The summed E-state index contributed by atoms with van der Waals surface area (Å²) in [6.07, 6.45) is 1.65. The van der Waals surface area contributed by atoms with Crippen LogP contribution in [0.4, 0.5) is 5.13 Å². The molecule has 0 saturated heterocycles. The number of likely N-dealkylation sites (N-methyl/N-ethyl adjacent to an activating group) is 2. The molecule has 1 amide bonds. The molecule has 0 aliphatic carbocycles. The summed E-state index contributed by atoms with van der Waals surface area (Å²) in [4.78, 5) is 20.6. The Balaban J connectivity index is 1.69. The zero-order chi connectivity index (χ0) is 16.4. The Hall–Kier alpha value is -2.18. The minimum atomic E-state index is 0.00459. The number of rotatable bonds is 5. The van der Waals surface area contributed by atoms with Crippen LogP contribution < -0.4 is 4.90 Å². The minimum absolute atomic E-state index is 0.00459. The summed E-state index contributed by atoms with van der Waals surface area (Å²) in [7, 11) is 3.68. The van der Waals surface area contributed by atoms with Crippen LogP contribution in [0.25, 0.3) is 10.2 Å². The third-order valence-electron chi connectivity index (χ3n) is 3.94. The molecule has 6 heteroatoms. The summed E-state index contributed by atoms with van der Waals surface area (Å²) in [5.41, 5.74) is 0.921. The van der Waals surface area contributed by atoms with Crippen molar-refractivity contribution in [3.8, 4) is 0 Å². The van der Waals surface area contributed by atoms with Gasteiger partial charge in [-0.15, -0.1) is 0 Å². The predicted octanol–water partition coefficient (Wildman–Crippen LogP) is 3.55. The lowest BCUT2D eigenvalue weighted by molar-refractivity contribution is -0.119. The van der Waals surface area contributed by atoms with Crippen LogP contribution in [0.2, 0.25) is 0 Å². The number of carbonyl (C=O) groups excluding carboxylic acids is 1. The third kappa shape index (κ3) is 3.28. The molecule has 120 valence electrons. The van der Waals surface area contributed by atoms with E-state index in [1.165, 1.54) is 11.3 Å². The molecule has 3 aromatic rings. The molecule has 0 aliphatic heterocycles. The topological polar surface area (TPSA) is 49.6 Å². The van der Waals surface area contributed by atoms with Gasteiger partial charge in [-0.1, -0.05) is 23.5 Å². The Morgan fingerprint density at radius 1 is 1.26 bits per heavy atom. The SMILES string of the molecule is C[C@@H](c1ccco1)N(C)CC(=O)N(C)c1nc2ccccc2s1. The first-order valence-corrected chi connectivity index (χ1v) is 8.23. The molecule has 2 aromatic heterocycles. The predicted molar refractivity (Wildman–Crippen MR) is 92.8 cm³/mol. The molecule has 0 bridgehead atoms. The number of thiazole rings is 1. The fraction of sp³-hybridized carbons (Fsp3) is 0.294. The molecule has 0 spiro atoms. The fourth-order valence-corrected chi connectivity index (χ4v) is 3.26. The number of hydrogen-bond acceptors (Lipinski definition) is 5. The zero-order valence-electron chi connectivity index (χ0n) is 13.4. The minimum Gasteiger partial charge on any atom is -0.468 e. The third-order valence-corrected chi connectivity index (χ3v) is 5.06. The molecule has 2 heterocycles. The van der Waals surface area contributed by atoms with E-state index in [0.717, 1.165) is 21.1 Å². The van der Waals surface area contributed by atoms with Gasteiger partial charge < -0.3 is 4.42 Å². The van der Waals surface area contributed by atoms with Gasteiger partial charge in [-0.3, -0.25) is 14.6 Å². The highest BCUT2D eigenvalue weighted by molar-refractivity contribution is 7.22. The maximum atomic E-state index is 12.5. The number of carbonyl (C=O) groups is 1. The summed E-state index contributed by atoms with van der Waals surface area (Å²) in [5.74, 6) is 0.855. The van der Waals surface area contributed by atoms with E-state index in [-0.39, 0.29) is 11.9 Å². The van der Waals surface area contributed by atoms with Crippen molar-refractivity contribution in [1.82, 2.24) is 9.88 Å². The van der Waals surface area contributed by atoms with Crippen molar-refractivity contribution in [3.63, 3.8) is 0 Å². The molecule has 0 aliphatic rings. The number of anilines is 1. The van der Waals surface area contributed by atoms with Crippen molar-refractivity contribution in [2.75, 3.05) is 25.5 Å². The highest BCUT2D eigenvalue weighted by Crippen LogP contribution is 2.28. The van der Waals surface area contributed by atoms with E-state index in [1.807, 2.05) is 55.3 Å². The highest BCUT2D eigenvalue weighted by atomic mass is 32.1. The number of aromatic nitrogens is 1. The lowest BCUT2D eigenvalue weighted by atomic mass is 10.2. The number of amides is 1. The Labute approximate surface area is 139 Å². The quantitative estimate of drug-likeness (QED) is 0.718. The van der Waals surface area contributed by atoms with Gasteiger partial charge in [0.1, 0.15) is 5.76 Å². The van der Waals surface area contributed by atoms with Crippen LogP contribution in [0.5, 0.6) is 0 Å². The van der Waals surface area contributed by atoms with Gasteiger partial charge in [0.25, 0.3) is 0 Å². The number of para-hydroxylation sites is 1. The molecule has 0 fully saturated rings. The van der Waals surface area contributed by atoms with E-state index in [9.17, 15) is 4.79 Å². The molecule has 5 nitrogen and oxygen atoms in total. The number of fused-ring (bicyclic) bond motifs is 1. The van der Waals surface area contributed by atoms with Crippen molar-refractivity contribution >= 4 is 32.6 Å².